The van der Waals surface area contributed by atoms with Crippen molar-refractivity contribution in [3.05, 3.63) is 30.1 Å². The van der Waals surface area contributed by atoms with Gasteiger partial charge in [-0.25, -0.2) is 9.18 Å². The number of benzene rings is 1. The summed E-state index contributed by atoms with van der Waals surface area (Å²) in [6.07, 6.45) is 2.69. The fraction of sp³-hybridized carbons (Fsp3) is 0.550. The van der Waals surface area contributed by atoms with Gasteiger partial charge in [-0.05, 0) is 44.7 Å². The molecule has 2 fully saturated rings. The molecule has 28 heavy (non-hydrogen) atoms. The number of nitrogens with one attached hydrogen (secondary N) is 1. The average Bonchev–Trinajstić information content (AvgIpc) is 3.19. The molecule has 3 amide bonds. The lowest BCUT2D eigenvalue weighted by atomic mass is 9.97. The first-order valence-electron chi connectivity index (χ1n) is 9.78. The van der Waals surface area contributed by atoms with Gasteiger partial charge in [0.25, 0.3) is 0 Å². The van der Waals surface area contributed by atoms with Crippen molar-refractivity contribution in [3.63, 3.8) is 0 Å². The van der Waals surface area contributed by atoms with Crippen molar-refractivity contribution in [2.45, 2.75) is 38.6 Å². The number of hydrogen-bond acceptors (Lipinski definition) is 4. The monoisotopic (exact) mass is 391 g/mol. The SMILES string of the molecule is CCOC(=O)C1CCCN(C(=O)C2CCCN2C(=O)Nc2ccccc2F)C1. The molecule has 2 unspecified atom stereocenters. The molecule has 2 aliphatic heterocycles. The Kier molecular flexibility index (Phi) is 6.49. The third kappa shape index (κ3) is 4.43. The number of para-hydroxylation sites is 1. The zero-order chi connectivity index (χ0) is 20.1. The van der Waals surface area contributed by atoms with Crippen LogP contribution in [0.3, 0.4) is 0 Å². The highest BCUT2D eigenvalue weighted by Gasteiger charge is 2.39. The first kappa shape index (κ1) is 20.1. The van der Waals surface area contributed by atoms with Gasteiger partial charge in [-0.1, -0.05) is 12.1 Å². The summed E-state index contributed by atoms with van der Waals surface area (Å²) < 4.78 is 18.9. The van der Waals surface area contributed by atoms with Gasteiger partial charge in [-0.2, -0.15) is 0 Å². The molecule has 2 atom stereocenters. The Morgan fingerprint density at radius 1 is 1.18 bits per heavy atom. The number of esters is 1. The minimum absolute atomic E-state index is 0.0888. The third-order valence-electron chi connectivity index (χ3n) is 5.27. The number of anilines is 1. The second-order valence-electron chi connectivity index (χ2n) is 7.14. The van der Waals surface area contributed by atoms with E-state index in [4.69, 9.17) is 4.74 Å². The normalized spacial score (nSPS) is 22.1. The molecule has 1 N–H and O–H groups in total. The maximum Gasteiger partial charge on any atom is 0.322 e. The molecule has 7 nitrogen and oxygen atoms in total. The number of amides is 3. The Balaban J connectivity index is 1.64. The van der Waals surface area contributed by atoms with Crippen LogP contribution in [0.2, 0.25) is 0 Å². The summed E-state index contributed by atoms with van der Waals surface area (Å²) in [5, 5.41) is 2.55. The van der Waals surface area contributed by atoms with Crippen LogP contribution in [0.4, 0.5) is 14.9 Å². The standard InChI is InChI=1S/C20H26FN3O4/c1-2-28-19(26)14-7-5-11-23(13-14)18(25)17-10-6-12-24(17)20(27)22-16-9-4-3-8-15(16)21/h3-4,8-9,14,17H,2,5-7,10-13H2,1H3,(H,22,27). The van der Waals surface area contributed by atoms with E-state index < -0.39 is 17.9 Å². The second-order valence-corrected chi connectivity index (χ2v) is 7.14. The van der Waals surface area contributed by atoms with Crippen LogP contribution < -0.4 is 5.32 Å². The van der Waals surface area contributed by atoms with E-state index in [0.29, 0.717) is 45.5 Å². The molecule has 0 saturated carbocycles. The third-order valence-corrected chi connectivity index (χ3v) is 5.27. The first-order chi connectivity index (χ1) is 13.5. The van der Waals surface area contributed by atoms with E-state index in [1.54, 1.807) is 24.0 Å². The predicted octanol–water partition coefficient (Wildman–Crippen LogP) is 2.62. The van der Waals surface area contributed by atoms with Gasteiger partial charge < -0.3 is 19.9 Å². The molecule has 0 spiro atoms. The lowest BCUT2D eigenvalue weighted by Gasteiger charge is -2.35. The number of piperidine rings is 1. The summed E-state index contributed by atoms with van der Waals surface area (Å²) in [4.78, 5) is 40.8. The maximum atomic E-state index is 13.8. The quantitative estimate of drug-likeness (QED) is 0.801. The highest BCUT2D eigenvalue weighted by Crippen LogP contribution is 2.25. The smallest absolute Gasteiger partial charge is 0.322 e. The molecule has 1 aromatic carbocycles. The van der Waals surface area contributed by atoms with Crippen LogP contribution in [-0.2, 0) is 14.3 Å². The van der Waals surface area contributed by atoms with Crippen molar-refractivity contribution in [3.8, 4) is 0 Å². The van der Waals surface area contributed by atoms with Crippen molar-refractivity contribution in [2.75, 3.05) is 31.6 Å². The molecule has 8 heteroatoms. The number of urea groups is 1. The van der Waals surface area contributed by atoms with Crippen LogP contribution >= 0.6 is 0 Å². The van der Waals surface area contributed by atoms with Crippen LogP contribution in [0.1, 0.15) is 32.6 Å². The van der Waals surface area contributed by atoms with Crippen LogP contribution in [0.5, 0.6) is 0 Å². The molecule has 0 aromatic heterocycles. The molecule has 0 radical (unpaired) electrons. The molecule has 0 bridgehead atoms. The summed E-state index contributed by atoms with van der Waals surface area (Å²) in [7, 11) is 0. The average molecular weight is 391 g/mol. The number of halogens is 1. The maximum absolute atomic E-state index is 13.8. The van der Waals surface area contributed by atoms with Gasteiger partial charge in [0.1, 0.15) is 11.9 Å². The van der Waals surface area contributed by atoms with Gasteiger partial charge in [0.2, 0.25) is 5.91 Å². The number of likely N-dealkylation sites (tertiary alicyclic amines) is 2. The number of carbonyl (C=O) groups excluding carboxylic acids is 3. The Hall–Kier alpha value is -2.64. The number of carbonyl (C=O) groups is 3. The molecule has 1 aromatic rings. The lowest BCUT2D eigenvalue weighted by Crippen LogP contribution is -2.52. The minimum atomic E-state index is -0.590. The van der Waals surface area contributed by atoms with Crippen molar-refractivity contribution in [1.82, 2.24) is 9.80 Å². The number of hydrogen-bond donors (Lipinski definition) is 1. The molecule has 2 aliphatic rings. The summed E-state index contributed by atoms with van der Waals surface area (Å²) in [6, 6.07) is 4.85. The van der Waals surface area contributed by atoms with Gasteiger partial charge in [0.05, 0.1) is 18.2 Å². The summed E-state index contributed by atoms with van der Waals surface area (Å²) in [6.45, 7) is 3.39. The van der Waals surface area contributed by atoms with Crippen LogP contribution in [0, 0.1) is 11.7 Å². The fourth-order valence-corrected chi connectivity index (χ4v) is 3.86. The second kappa shape index (κ2) is 9.03. The van der Waals surface area contributed by atoms with Crippen molar-refractivity contribution < 1.29 is 23.5 Å². The summed E-state index contributed by atoms with van der Waals surface area (Å²) in [5.41, 5.74) is 0.0888. The van der Waals surface area contributed by atoms with E-state index in [1.807, 2.05) is 0 Å². The Labute approximate surface area is 163 Å². The first-order valence-corrected chi connectivity index (χ1v) is 9.78. The van der Waals surface area contributed by atoms with Crippen molar-refractivity contribution in [1.29, 1.82) is 0 Å². The molecular weight excluding hydrogens is 365 g/mol. The van der Waals surface area contributed by atoms with Gasteiger partial charge in [0, 0.05) is 19.6 Å². The molecule has 152 valence electrons. The minimum Gasteiger partial charge on any atom is -0.466 e. The van der Waals surface area contributed by atoms with E-state index in [2.05, 4.69) is 5.32 Å². The molecular formula is C20H26FN3O4. The van der Waals surface area contributed by atoms with Gasteiger partial charge in [-0.3, -0.25) is 9.59 Å². The number of ether oxygens (including phenoxy) is 1. The lowest BCUT2D eigenvalue weighted by molar-refractivity contribution is -0.151. The van der Waals surface area contributed by atoms with E-state index in [-0.39, 0.29) is 23.5 Å². The van der Waals surface area contributed by atoms with Gasteiger partial charge in [0.15, 0.2) is 0 Å². The molecule has 2 heterocycles. The number of nitrogens with zero attached hydrogens (tertiary/aromatic N) is 2. The topological polar surface area (TPSA) is 79.0 Å². The van der Waals surface area contributed by atoms with E-state index >= 15 is 0 Å². The Morgan fingerprint density at radius 2 is 1.93 bits per heavy atom. The van der Waals surface area contributed by atoms with E-state index in [9.17, 15) is 18.8 Å². The predicted molar refractivity (Wildman–Crippen MR) is 101 cm³/mol. The van der Waals surface area contributed by atoms with Crippen LogP contribution in [-0.4, -0.2) is 60.0 Å². The van der Waals surface area contributed by atoms with Crippen molar-refractivity contribution in [2.24, 2.45) is 5.92 Å². The zero-order valence-corrected chi connectivity index (χ0v) is 16.0. The molecule has 2 saturated heterocycles. The highest BCUT2D eigenvalue weighted by molar-refractivity contribution is 5.94. The van der Waals surface area contributed by atoms with Gasteiger partial charge >= 0.3 is 12.0 Å². The van der Waals surface area contributed by atoms with Crippen LogP contribution in [0.15, 0.2) is 24.3 Å². The van der Waals surface area contributed by atoms with E-state index in [1.165, 1.54) is 17.0 Å². The fourth-order valence-electron chi connectivity index (χ4n) is 3.86. The summed E-state index contributed by atoms with van der Waals surface area (Å²) in [5.74, 6) is -1.28. The van der Waals surface area contributed by atoms with Crippen molar-refractivity contribution >= 4 is 23.6 Å². The van der Waals surface area contributed by atoms with Crippen LogP contribution in [0.25, 0.3) is 0 Å². The highest BCUT2D eigenvalue weighted by atomic mass is 19.1. The largest absolute Gasteiger partial charge is 0.466 e. The summed E-state index contributed by atoms with van der Waals surface area (Å²) >= 11 is 0. The Bertz CT molecular complexity index is 742. The molecule has 0 aliphatic carbocycles. The van der Waals surface area contributed by atoms with Gasteiger partial charge in [-0.15, -0.1) is 0 Å². The molecule has 3 rings (SSSR count). The number of rotatable bonds is 4. The Morgan fingerprint density at radius 3 is 2.68 bits per heavy atom. The van der Waals surface area contributed by atoms with E-state index in [0.717, 1.165) is 6.42 Å². The zero-order valence-electron chi connectivity index (χ0n) is 16.0.